The highest BCUT2D eigenvalue weighted by atomic mass is 127. The van der Waals surface area contributed by atoms with Gasteiger partial charge in [-0.1, -0.05) is 54.6 Å². The number of hydrogen-bond donors (Lipinski definition) is 0. The Hall–Kier alpha value is -2.26. The van der Waals surface area contributed by atoms with Crippen LogP contribution in [0.15, 0.2) is 60.8 Å². The van der Waals surface area contributed by atoms with E-state index in [1.54, 1.807) is 0 Å². The highest BCUT2D eigenvalue weighted by molar-refractivity contribution is 14.1. The maximum Gasteiger partial charge on any atom is 0.191 e. The minimum absolute atomic E-state index is 0.631. The van der Waals surface area contributed by atoms with Gasteiger partial charge >= 0.3 is 0 Å². The molecule has 0 bridgehead atoms. The molecule has 3 rings (SSSR count). The molecule has 0 aliphatic rings. The third-order valence-electron chi connectivity index (χ3n) is 3.11. The van der Waals surface area contributed by atoms with Crippen LogP contribution in [-0.4, -0.2) is 9.97 Å². The number of halogens is 1. The molecule has 3 aromatic rings. The van der Waals surface area contributed by atoms with E-state index in [1.807, 2.05) is 60.8 Å². The van der Waals surface area contributed by atoms with E-state index in [-0.39, 0.29) is 0 Å². The molecule has 0 spiro atoms. The monoisotopic (exact) mass is 383 g/mol. The largest absolute Gasteiger partial charge is 0.238 e. The molecule has 1 heterocycles. The van der Waals surface area contributed by atoms with E-state index in [4.69, 9.17) is 6.57 Å². The van der Waals surface area contributed by atoms with Gasteiger partial charge in [-0.15, -0.1) is 0 Å². The maximum absolute atomic E-state index is 7.02. The molecular formula is C17H10IN3. The van der Waals surface area contributed by atoms with Crippen LogP contribution in [0.4, 0.5) is 5.69 Å². The van der Waals surface area contributed by atoms with Gasteiger partial charge in [0.2, 0.25) is 0 Å². The van der Waals surface area contributed by atoms with Crippen molar-refractivity contribution in [2.45, 2.75) is 0 Å². The molecular weight excluding hydrogens is 373 g/mol. The Morgan fingerprint density at radius 1 is 0.905 bits per heavy atom. The van der Waals surface area contributed by atoms with Crippen molar-refractivity contribution < 1.29 is 0 Å². The summed E-state index contributed by atoms with van der Waals surface area (Å²) in [7, 11) is 0. The maximum atomic E-state index is 7.02. The summed E-state index contributed by atoms with van der Waals surface area (Å²) in [4.78, 5) is 12.3. The predicted molar refractivity (Wildman–Crippen MR) is 91.9 cm³/mol. The summed E-state index contributed by atoms with van der Waals surface area (Å²) in [5.41, 5.74) is 4.58. The highest BCUT2D eigenvalue weighted by Gasteiger charge is 2.10. The Balaban J connectivity index is 2.16. The number of hydrogen-bond acceptors (Lipinski definition) is 2. The Kier molecular flexibility index (Phi) is 3.93. The normalized spacial score (nSPS) is 10.1. The molecule has 1 aromatic heterocycles. The summed E-state index contributed by atoms with van der Waals surface area (Å²) < 4.78 is 0.716. The number of benzene rings is 2. The number of rotatable bonds is 2. The standard InChI is InChI=1S/C17H10IN3/c1-19-14-9-7-12(8-10-14)15-11-20-17(18)21-16(15)13-5-3-2-4-6-13/h2-11H. The molecule has 0 fully saturated rings. The Labute approximate surface area is 136 Å². The van der Waals surface area contributed by atoms with Crippen molar-refractivity contribution in [1.29, 1.82) is 0 Å². The second kappa shape index (κ2) is 6.02. The third-order valence-corrected chi connectivity index (χ3v) is 3.63. The Morgan fingerprint density at radius 2 is 1.62 bits per heavy atom. The van der Waals surface area contributed by atoms with Crippen LogP contribution in [0.3, 0.4) is 0 Å². The molecule has 3 nitrogen and oxygen atoms in total. The lowest BCUT2D eigenvalue weighted by molar-refractivity contribution is 1.11. The molecule has 0 atom stereocenters. The molecule has 0 aliphatic carbocycles. The quantitative estimate of drug-likeness (QED) is 0.356. The summed E-state index contributed by atoms with van der Waals surface area (Å²) in [6.45, 7) is 7.02. The fourth-order valence-electron chi connectivity index (χ4n) is 2.10. The third kappa shape index (κ3) is 2.93. The summed E-state index contributed by atoms with van der Waals surface area (Å²) in [5, 5.41) is 0. The first-order valence-corrected chi connectivity index (χ1v) is 7.41. The van der Waals surface area contributed by atoms with Crippen molar-refractivity contribution in [2.75, 3.05) is 0 Å². The molecule has 0 amide bonds. The topological polar surface area (TPSA) is 30.1 Å². The van der Waals surface area contributed by atoms with E-state index >= 15 is 0 Å². The Morgan fingerprint density at radius 3 is 2.29 bits per heavy atom. The van der Waals surface area contributed by atoms with E-state index in [1.165, 1.54) is 0 Å². The minimum Gasteiger partial charge on any atom is -0.238 e. The summed E-state index contributed by atoms with van der Waals surface area (Å²) in [5.74, 6) is 0. The van der Waals surface area contributed by atoms with Crippen molar-refractivity contribution in [3.63, 3.8) is 0 Å². The van der Waals surface area contributed by atoms with Gasteiger partial charge in [-0.2, -0.15) is 0 Å². The lowest BCUT2D eigenvalue weighted by atomic mass is 10.0. The molecule has 0 aliphatic heterocycles. The Bertz CT molecular complexity index is 806. The molecule has 0 radical (unpaired) electrons. The molecule has 0 N–H and O–H groups in total. The van der Waals surface area contributed by atoms with Gasteiger partial charge in [-0.25, -0.2) is 14.8 Å². The fraction of sp³-hybridized carbons (Fsp3) is 0. The van der Waals surface area contributed by atoms with Crippen LogP contribution < -0.4 is 0 Å². The lowest BCUT2D eigenvalue weighted by Crippen LogP contribution is -1.94. The molecule has 21 heavy (non-hydrogen) atoms. The van der Waals surface area contributed by atoms with Crippen LogP contribution in [0.5, 0.6) is 0 Å². The van der Waals surface area contributed by atoms with Crippen LogP contribution in [0.2, 0.25) is 0 Å². The first-order valence-electron chi connectivity index (χ1n) is 6.34. The van der Waals surface area contributed by atoms with Crippen LogP contribution in [0.1, 0.15) is 0 Å². The molecule has 0 saturated carbocycles. The van der Waals surface area contributed by atoms with Gasteiger partial charge in [0.15, 0.2) is 9.52 Å². The van der Waals surface area contributed by atoms with Gasteiger partial charge in [-0.3, -0.25) is 0 Å². The van der Waals surface area contributed by atoms with Gasteiger partial charge in [-0.05, 0) is 5.56 Å². The SMILES string of the molecule is [C-]#[N+]c1ccc(-c2cnc(I)nc2-c2ccccc2)cc1. The van der Waals surface area contributed by atoms with E-state index in [9.17, 15) is 0 Å². The predicted octanol–water partition coefficient (Wildman–Crippen LogP) is 4.97. The van der Waals surface area contributed by atoms with Crippen molar-refractivity contribution in [3.05, 3.63) is 76.0 Å². The number of nitrogens with zero attached hydrogens (tertiary/aromatic N) is 3. The zero-order chi connectivity index (χ0) is 14.7. The van der Waals surface area contributed by atoms with Crippen molar-refractivity contribution in [2.24, 2.45) is 0 Å². The first-order chi connectivity index (χ1) is 10.3. The minimum atomic E-state index is 0.631. The van der Waals surface area contributed by atoms with E-state index < -0.39 is 0 Å². The second-order valence-electron chi connectivity index (χ2n) is 4.43. The average molecular weight is 383 g/mol. The molecule has 2 aromatic carbocycles. The van der Waals surface area contributed by atoms with E-state index in [0.29, 0.717) is 9.52 Å². The lowest BCUT2D eigenvalue weighted by Gasteiger charge is -2.09. The summed E-state index contributed by atoms with van der Waals surface area (Å²) >= 11 is 2.12. The van der Waals surface area contributed by atoms with Crippen molar-refractivity contribution >= 4 is 28.3 Å². The highest BCUT2D eigenvalue weighted by Crippen LogP contribution is 2.31. The zero-order valence-electron chi connectivity index (χ0n) is 11.0. The van der Waals surface area contributed by atoms with Gasteiger partial charge in [0.25, 0.3) is 0 Å². The van der Waals surface area contributed by atoms with Crippen LogP contribution in [-0.2, 0) is 0 Å². The summed E-state index contributed by atoms with van der Waals surface area (Å²) in [6.07, 6.45) is 1.84. The van der Waals surface area contributed by atoms with Gasteiger partial charge in [0, 0.05) is 39.9 Å². The van der Waals surface area contributed by atoms with E-state index in [0.717, 1.165) is 22.4 Å². The fourth-order valence-corrected chi connectivity index (χ4v) is 2.48. The average Bonchev–Trinajstić information content (AvgIpc) is 2.56. The van der Waals surface area contributed by atoms with Gasteiger partial charge in [0.1, 0.15) is 0 Å². The van der Waals surface area contributed by atoms with E-state index in [2.05, 4.69) is 37.4 Å². The van der Waals surface area contributed by atoms with Crippen LogP contribution in [0, 0.1) is 10.4 Å². The zero-order valence-corrected chi connectivity index (χ0v) is 13.2. The first kappa shape index (κ1) is 13.7. The summed E-state index contributed by atoms with van der Waals surface area (Å²) in [6, 6.07) is 17.6. The molecule has 0 saturated heterocycles. The van der Waals surface area contributed by atoms with Gasteiger partial charge in [0.05, 0.1) is 12.3 Å². The second-order valence-corrected chi connectivity index (χ2v) is 5.39. The molecule has 100 valence electrons. The van der Waals surface area contributed by atoms with Crippen LogP contribution >= 0.6 is 22.6 Å². The van der Waals surface area contributed by atoms with Gasteiger partial charge < -0.3 is 0 Å². The smallest absolute Gasteiger partial charge is 0.191 e. The molecule has 4 heteroatoms. The van der Waals surface area contributed by atoms with Crippen molar-refractivity contribution in [3.8, 4) is 22.4 Å². The van der Waals surface area contributed by atoms with Crippen molar-refractivity contribution in [1.82, 2.24) is 9.97 Å². The van der Waals surface area contributed by atoms with Crippen LogP contribution in [0.25, 0.3) is 27.2 Å². The molecule has 0 unspecified atom stereocenters. The number of aromatic nitrogens is 2.